The van der Waals surface area contributed by atoms with Crippen LogP contribution >= 0.6 is 0 Å². The van der Waals surface area contributed by atoms with Crippen LogP contribution in [0.5, 0.6) is 0 Å². The summed E-state index contributed by atoms with van der Waals surface area (Å²) in [5.74, 6) is 2.55. The number of halogens is 1. The molecule has 0 spiro atoms. The van der Waals surface area contributed by atoms with Gasteiger partial charge in [-0.25, -0.2) is 19.3 Å². The van der Waals surface area contributed by atoms with Gasteiger partial charge >= 0.3 is 0 Å². The van der Waals surface area contributed by atoms with Gasteiger partial charge in [-0.2, -0.15) is 5.10 Å². The Balaban J connectivity index is 0.00000106. The SMILES string of the molecule is CC.Cc1cc2c(N3CCC(c4nc(-c5ccc(F)cc5)n[nH]4)CC3)ncnc2[nH]1. The molecule has 0 unspecified atom stereocenters. The van der Waals surface area contributed by atoms with Crippen molar-refractivity contribution in [1.82, 2.24) is 30.1 Å². The summed E-state index contributed by atoms with van der Waals surface area (Å²) in [5, 5.41) is 8.45. The highest BCUT2D eigenvalue weighted by Gasteiger charge is 2.25. The second-order valence-corrected chi connectivity index (χ2v) is 7.22. The number of H-pyrrole nitrogens is 2. The van der Waals surface area contributed by atoms with Crippen molar-refractivity contribution in [2.24, 2.45) is 0 Å². The van der Waals surface area contributed by atoms with E-state index in [0.29, 0.717) is 11.7 Å². The zero-order valence-corrected chi connectivity index (χ0v) is 17.5. The molecule has 7 nitrogen and oxygen atoms in total. The summed E-state index contributed by atoms with van der Waals surface area (Å²) >= 11 is 0. The monoisotopic (exact) mass is 407 g/mol. The van der Waals surface area contributed by atoms with Gasteiger partial charge in [0.2, 0.25) is 0 Å². The molecule has 30 heavy (non-hydrogen) atoms. The molecule has 1 saturated heterocycles. The minimum atomic E-state index is -0.261. The van der Waals surface area contributed by atoms with Crippen LogP contribution in [0.1, 0.15) is 44.1 Å². The number of nitrogens with zero attached hydrogens (tertiary/aromatic N) is 5. The fourth-order valence-electron chi connectivity index (χ4n) is 3.86. The summed E-state index contributed by atoms with van der Waals surface area (Å²) in [6.07, 6.45) is 3.55. The van der Waals surface area contributed by atoms with Gasteiger partial charge in [-0.15, -0.1) is 0 Å². The Bertz CT molecular complexity index is 1110. The van der Waals surface area contributed by atoms with E-state index in [0.717, 1.165) is 59.9 Å². The van der Waals surface area contributed by atoms with Gasteiger partial charge in [0.15, 0.2) is 5.82 Å². The molecule has 0 radical (unpaired) electrons. The summed E-state index contributed by atoms with van der Waals surface area (Å²) < 4.78 is 13.1. The van der Waals surface area contributed by atoms with Gasteiger partial charge in [-0.3, -0.25) is 5.10 Å². The Labute approximate surface area is 174 Å². The number of hydrogen-bond donors (Lipinski definition) is 2. The van der Waals surface area contributed by atoms with Crippen molar-refractivity contribution < 1.29 is 4.39 Å². The maximum absolute atomic E-state index is 13.1. The third-order valence-electron chi connectivity index (χ3n) is 5.33. The Kier molecular flexibility index (Phi) is 5.74. The molecule has 1 aromatic carbocycles. The van der Waals surface area contributed by atoms with E-state index >= 15 is 0 Å². The number of rotatable bonds is 3. The molecule has 0 amide bonds. The number of anilines is 1. The van der Waals surface area contributed by atoms with Crippen LogP contribution in [0, 0.1) is 12.7 Å². The van der Waals surface area contributed by atoms with Crippen molar-refractivity contribution >= 4 is 16.9 Å². The molecule has 156 valence electrons. The number of aromatic amines is 2. The third kappa shape index (κ3) is 3.90. The molecule has 0 saturated carbocycles. The molecule has 0 aliphatic carbocycles. The van der Waals surface area contributed by atoms with Gasteiger partial charge < -0.3 is 9.88 Å². The summed E-state index contributed by atoms with van der Waals surface area (Å²) in [7, 11) is 0. The van der Waals surface area contributed by atoms with E-state index in [2.05, 4.69) is 41.1 Å². The average molecular weight is 407 g/mol. The molecule has 4 heterocycles. The van der Waals surface area contributed by atoms with Gasteiger partial charge in [0.1, 0.15) is 29.4 Å². The molecule has 1 aliphatic heterocycles. The number of aryl methyl sites for hydroxylation is 1. The highest BCUT2D eigenvalue weighted by Crippen LogP contribution is 2.31. The number of aromatic nitrogens is 6. The highest BCUT2D eigenvalue weighted by atomic mass is 19.1. The summed E-state index contributed by atoms with van der Waals surface area (Å²) in [6.45, 7) is 7.82. The Morgan fingerprint density at radius 1 is 1.07 bits per heavy atom. The van der Waals surface area contributed by atoms with Crippen LogP contribution in [0.4, 0.5) is 10.2 Å². The van der Waals surface area contributed by atoms with Gasteiger partial charge in [0.25, 0.3) is 0 Å². The van der Waals surface area contributed by atoms with E-state index in [9.17, 15) is 4.39 Å². The van der Waals surface area contributed by atoms with E-state index in [4.69, 9.17) is 0 Å². The van der Waals surface area contributed by atoms with Crippen LogP contribution in [0.3, 0.4) is 0 Å². The first kappa shape index (κ1) is 20.0. The van der Waals surface area contributed by atoms with Crippen LogP contribution in [0.15, 0.2) is 36.7 Å². The second-order valence-electron chi connectivity index (χ2n) is 7.22. The molecule has 8 heteroatoms. The van der Waals surface area contributed by atoms with Crippen molar-refractivity contribution in [1.29, 1.82) is 0 Å². The molecular formula is C22H26FN7. The zero-order chi connectivity index (χ0) is 21.1. The third-order valence-corrected chi connectivity index (χ3v) is 5.33. The molecule has 2 N–H and O–H groups in total. The standard InChI is InChI=1S/C20H20FN7.C2H6/c1-12-10-16-19(24-12)22-11-23-20(16)28-8-6-14(7-9-28)18-25-17(26-27-18)13-2-4-15(21)5-3-13;1-2/h2-5,10-11,14H,6-9H2,1H3,(H,22,23,24)(H,25,26,27);1-2H3. The lowest BCUT2D eigenvalue weighted by atomic mass is 9.96. The molecule has 1 fully saturated rings. The number of nitrogens with one attached hydrogen (secondary N) is 2. The van der Waals surface area contributed by atoms with Gasteiger partial charge in [0.05, 0.1) is 5.39 Å². The highest BCUT2D eigenvalue weighted by molar-refractivity contribution is 5.88. The van der Waals surface area contributed by atoms with E-state index in [1.54, 1.807) is 18.5 Å². The Morgan fingerprint density at radius 3 is 2.53 bits per heavy atom. The van der Waals surface area contributed by atoms with Crippen molar-refractivity contribution in [3.8, 4) is 11.4 Å². The van der Waals surface area contributed by atoms with E-state index in [1.807, 2.05) is 20.8 Å². The minimum absolute atomic E-state index is 0.261. The lowest BCUT2D eigenvalue weighted by Crippen LogP contribution is -2.33. The van der Waals surface area contributed by atoms with E-state index in [1.165, 1.54) is 12.1 Å². The first-order valence-corrected chi connectivity index (χ1v) is 10.4. The smallest absolute Gasteiger partial charge is 0.181 e. The number of piperidine rings is 1. The summed E-state index contributed by atoms with van der Waals surface area (Å²) in [5.41, 5.74) is 2.78. The fraction of sp³-hybridized carbons (Fsp3) is 0.364. The predicted octanol–water partition coefficient (Wildman–Crippen LogP) is 4.60. The maximum atomic E-state index is 13.1. The van der Waals surface area contributed by atoms with Gasteiger partial charge in [-0.05, 0) is 50.1 Å². The maximum Gasteiger partial charge on any atom is 0.181 e. The van der Waals surface area contributed by atoms with Crippen LogP contribution < -0.4 is 4.90 Å². The normalized spacial score (nSPS) is 14.6. The molecule has 5 rings (SSSR count). The second kappa shape index (κ2) is 8.61. The molecule has 0 atom stereocenters. The summed E-state index contributed by atoms with van der Waals surface area (Å²) in [6, 6.07) is 8.35. The lowest BCUT2D eigenvalue weighted by molar-refractivity contribution is 0.485. The quantitative estimate of drug-likeness (QED) is 0.518. The van der Waals surface area contributed by atoms with E-state index in [-0.39, 0.29) is 5.82 Å². The van der Waals surface area contributed by atoms with Crippen molar-refractivity contribution in [3.05, 3.63) is 54.0 Å². The van der Waals surface area contributed by atoms with Crippen LogP contribution in [-0.4, -0.2) is 43.2 Å². The van der Waals surface area contributed by atoms with Gasteiger partial charge in [0, 0.05) is 30.3 Å². The predicted molar refractivity (Wildman–Crippen MR) is 116 cm³/mol. The molecule has 1 aliphatic rings. The lowest BCUT2D eigenvalue weighted by Gasteiger charge is -2.32. The number of benzene rings is 1. The fourth-order valence-corrected chi connectivity index (χ4v) is 3.86. The molecule has 4 aromatic rings. The number of fused-ring (bicyclic) bond motifs is 1. The Hall–Kier alpha value is -3.29. The first-order chi connectivity index (χ1) is 14.7. The molecular weight excluding hydrogens is 381 g/mol. The van der Waals surface area contributed by atoms with Crippen LogP contribution in [0.2, 0.25) is 0 Å². The van der Waals surface area contributed by atoms with Crippen molar-refractivity contribution in [2.45, 2.75) is 39.5 Å². The van der Waals surface area contributed by atoms with E-state index < -0.39 is 0 Å². The average Bonchev–Trinajstić information content (AvgIpc) is 3.42. The van der Waals surface area contributed by atoms with Gasteiger partial charge in [-0.1, -0.05) is 13.8 Å². The first-order valence-electron chi connectivity index (χ1n) is 10.4. The molecule has 3 aromatic heterocycles. The molecule has 0 bridgehead atoms. The largest absolute Gasteiger partial charge is 0.356 e. The van der Waals surface area contributed by atoms with Crippen molar-refractivity contribution in [3.63, 3.8) is 0 Å². The van der Waals surface area contributed by atoms with Crippen LogP contribution in [-0.2, 0) is 0 Å². The topological polar surface area (TPSA) is 86.4 Å². The summed E-state index contributed by atoms with van der Waals surface area (Å²) in [4.78, 5) is 19.1. The van der Waals surface area contributed by atoms with Crippen LogP contribution in [0.25, 0.3) is 22.4 Å². The zero-order valence-electron chi connectivity index (χ0n) is 17.5. The minimum Gasteiger partial charge on any atom is -0.356 e. The Morgan fingerprint density at radius 2 is 1.80 bits per heavy atom. The number of hydrogen-bond acceptors (Lipinski definition) is 5. The van der Waals surface area contributed by atoms with Crippen molar-refractivity contribution in [2.75, 3.05) is 18.0 Å².